The predicted molar refractivity (Wildman–Crippen MR) is 59.7 cm³/mol. The van der Waals surface area contributed by atoms with Gasteiger partial charge in [-0.25, -0.2) is 0 Å². The molecule has 90 valence electrons. The SMILES string of the molecule is CCN(CC)c1cc(C)cc(C(F)(F)F)c1. The molecule has 0 heterocycles. The van der Waals surface area contributed by atoms with Crippen LogP contribution in [-0.2, 0) is 6.18 Å². The molecule has 1 aromatic rings. The molecule has 0 saturated heterocycles. The Kier molecular flexibility index (Phi) is 3.83. The maximum absolute atomic E-state index is 12.6. The lowest BCUT2D eigenvalue weighted by Gasteiger charge is -2.22. The van der Waals surface area contributed by atoms with Crippen LogP contribution < -0.4 is 4.90 Å². The van der Waals surface area contributed by atoms with Gasteiger partial charge in [-0.2, -0.15) is 13.2 Å². The lowest BCUT2D eigenvalue weighted by molar-refractivity contribution is -0.137. The summed E-state index contributed by atoms with van der Waals surface area (Å²) in [6, 6.07) is 4.16. The standard InChI is InChI=1S/C12H16F3N/c1-4-16(5-2)11-7-9(3)6-10(8-11)12(13,14)15/h6-8H,4-5H2,1-3H3. The normalized spacial score (nSPS) is 11.6. The van der Waals surface area contributed by atoms with E-state index in [0.29, 0.717) is 24.3 Å². The van der Waals surface area contributed by atoms with E-state index in [1.807, 2.05) is 18.7 Å². The molecule has 0 bridgehead atoms. The summed E-state index contributed by atoms with van der Waals surface area (Å²) in [7, 11) is 0. The van der Waals surface area contributed by atoms with Crippen molar-refractivity contribution in [1.29, 1.82) is 0 Å². The number of hydrogen-bond donors (Lipinski definition) is 0. The number of aryl methyl sites for hydroxylation is 1. The number of halogens is 3. The minimum absolute atomic E-state index is 0.575. The Morgan fingerprint density at radius 2 is 1.62 bits per heavy atom. The Morgan fingerprint density at radius 3 is 2.06 bits per heavy atom. The summed E-state index contributed by atoms with van der Waals surface area (Å²) in [5.41, 5.74) is 0.698. The molecule has 0 aliphatic heterocycles. The second-order valence-electron chi connectivity index (χ2n) is 3.73. The van der Waals surface area contributed by atoms with Gasteiger partial charge in [0.2, 0.25) is 0 Å². The van der Waals surface area contributed by atoms with Crippen LogP contribution in [0.25, 0.3) is 0 Å². The summed E-state index contributed by atoms with van der Waals surface area (Å²) in [5, 5.41) is 0. The summed E-state index contributed by atoms with van der Waals surface area (Å²) in [4.78, 5) is 1.90. The molecule has 0 spiro atoms. The smallest absolute Gasteiger partial charge is 0.372 e. The minimum atomic E-state index is -4.27. The minimum Gasteiger partial charge on any atom is -0.372 e. The Balaban J connectivity index is 3.17. The molecule has 1 nitrogen and oxygen atoms in total. The zero-order valence-corrected chi connectivity index (χ0v) is 9.73. The van der Waals surface area contributed by atoms with E-state index in [4.69, 9.17) is 0 Å². The molecule has 1 aromatic carbocycles. The molecule has 0 aliphatic carbocycles. The largest absolute Gasteiger partial charge is 0.416 e. The fourth-order valence-electron chi connectivity index (χ4n) is 1.70. The van der Waals surface area contributed by atoms with Gasteiger partial charge in [-0.3, -0.25) is 0 Å². The second-order valence-corrected chi connectivity index (χ2v) is 3.73. The zero-order valence-electron chi connectivity index (χ0n) is 9.73. The molecule has 1 rings (SSSR count). The quantitative estimate of drug-likeness (QED) is 0.763. The number of hydrogen-bond acceptors (Lipinski definition) is 1. The van der Waals surface area contributed by atoms with Crippen molar-refractivity contribution in [3.63, 3.8) is 0 Å². The Hall–Kier alpha value is -1.19. The van der Waals surface area contributed by atoms with Crippen LogP contribution in [0.4, 0.5) is 18.9 Å². The molecule has 0 unspecified atom stereocenters. The van der Waals surface area contributed by atoms with Crippen LogP contribution in [0.1, 0.15) is 25.0 Å². The first-order valence-electron chi connectivity index (χ1n) is 5.32. The molecule has 0 N–H and O–H groups in total. The molecule has 0 radical (unpaired) electrons. The lowest BCUT2D eigenvalue weighted by Crippen LogP contribution is -2.22. The molecule has 0 fully saturated rings. The molecule has 16 heavy (non-hydrogen) atoms. The third kappa shape index (κ3) is 2.90. The first-order chi connectivity index (χ1) is 7.38. The maximum Gasteiger partial charge on any atom is 0.416 e. The highest BCUT2D eigenvalue weighted by atomic mass is 19.4. The fourth-order valence-corrected chi connectivity index (χ4v) is 1.70. The summed E-state index contributed by atoms with van der Waals surface area (Å²) in [5.74, 6) is 0. The van der Waals surface area contributed by atoms with E-state index in [2.05, 4.69) is 0 Å². The van der Waals surface area contributed by atoms with Crippen molar-refractivity contribution in [3.05, 3.63) is 29.3 Å². The van der Waals surface area contributed by atoms with Crippen molar-refractivity contribution in [2.75, 3.05) is 18.0 Å². The van der Waals surface area contributed by atoms with Gasteiger partial charge in [-0.1, -0.05) is 0 Å². The highest BCUT2D eigenvalue weighted by Gasteiger charge is 2.31. The molecular formula is C12H16F3N. The number of benzene rings is 1. The maximum atomic E-state index is 12.6. The van der Waals surface area contributed by atoms with Crippen LogP contribution in [0, 0.1) is 6.92 Å². The van der Waals surface area contributed by atoms with E-state index in [0.717, 1.165) is 0 Å². The topological polar surface area (TPSA) is 3.24 Å². The van der Waals surface area contributed by atoms with Crippen molar-refractivity contribution in [1.82, 2.24) is 0 Å². The van der Waals surface area contributed by atoms with Crippen molar-refractivity contribution in [2.45, 2.75) is 26.9 Å². The molecular weight excluding hydrogens is 215 g/mol. The van der Waals surface area contributed by atoms with E-state index >= 15 is 0 Å². The van der Waals surface area contributed by atoms with Gasteiger partial charge < -0.3 is 4.90 Å². The number of anilines is 1. The van der Waals surface area contributed by atoms with Crippen molar-refractivity contribution >= 4 is 5.69 Å². The first kappa shape index (κ1) is 12.9. The molecule has 4 heteroatoms. The summed E-state index contributed by atoms with van der Waals surface area (Å²) < 4.78 is 37.8. The Morgan fingerprint density at radius 1 is 1.06 bits per heavy atom. The van der Waals surface area contributed by atoms with Crippen LogP contribution in [-0.4, -0.2) is 13.1 Å². The van der Waals surface area contributed by atoms with Gasteiger partial charge in [0, 0.05) is 18.8 Å². The molecule has 0 aliphatic rings. The van der Waals surface area contributed by atoms with Gasteiger partial charge in [-0.15, -0.1) is 0 Å². The third-order valence-corrected chi connectivity index (χ3v) is 2.52. The van der Waals surface area contributed by atoms with Gasteiger partial charge in [0.25, 0.3) is 0 Å². The van der Waals surface area contributed by atoms with Crippen LogP contribution in [0.2, 0.25) is 0 Å². The van der Waals surface area contributed by atoms with Gasteiger partial charge in [0.15, 0.2) is 0 Å². The summed E-state index contributed by atoms with van der Waals surface area (Å²) in [6.07, 6.45) is -4.27. The van der Waals surface area contributed by atoms with Crippen LogP contribution in [0.15, 0.2) is 18.2 Å². The predicted octanol–water partition coefficient (Wildman–Crippen LogP) is 3.86. The summed E-state index contributed by atoms with van der Waals surface area (Å²) in [6.45, 7) is 6.95. The van der Waals surface area contributed by atoms with Crippen LogP contribution in [0.3, 0.4) is 0 Å². The van der Waals surface area contributed by atoms with Crippen molar-refractivity contribution in [3.8, 4) is 0 Å². The fraction of sp³-hybridized carbons (Fsp3) is 0.500. The van der Waals surface area contributed by atoms with Gasteiger partial charge >= 0.3 is 6.18 Å². The number of rotatable bonds is 3. The van der Waals surface area contributed by atoms with Gasteiger partial charge in [0.05, 0.1) is 5.56 Å². The van der Waals surface area contributed by atoms with Crippen molar-refractivity contribution in [2.24, 2.45) is 0 Å². The highest BCUT2D eigenvalue weighted by Crippen LogP contribution is 2.32. The van der Waals surface area contributed by atoms with E-state index in [-0.39, 0.29) is 0 Å². The Bertz CT molecular complexity index is 354. The Labute approximate surface area is 93.9 Å². The van der Waals surface area contributed by atoms with Gasteiger partial charge in [0.1, 0.15) is 0 Å². The zero-order chi connectivity index (χ0) is 12.3. The third-order valence-electron chi connectivity index (χ3n) is 2.52. The molecule has 0 atom stereocenters. The van der Waals surface area contributed by atoms with Gasteiger partial charge in [-0.05, 0) is 44.5 Å². The molecule has 0 saturated carbocycles. The van der Waals surface area contributed by atoms with E-state index < -0.39 is 11.7 Å². The van der Waals surface area contributed by atoms with Crippen LogP contribution >= 0.6 is 0 Å². The average Bonchev–Trinajstić information content (AvgIpc) is 2.17. The first-order valence-corrected chi connectivity index (χ1v) is 5.32. The second kappa shape index (κ2) is 4.76. The highest BCUT2D eigenvalue weighted by molar-refractivity contribution is 5.51. The lowest BCUT2D eigenvalue weighted by atomic mass is 10.1. The number of alkyl halides is 3. The van der Waals surface area contributed by atoms with E-state index in [9.17, 15) is 13.2 Å². The molecule has 0 amide bonds. The monoisotopic (exact) mass is 231 g/mol. The average molecular weight is 231 g/mol. The summed E-state index contributed by atoms with van der Waals surface area (Å²) >= 11 is 0. The molecule has 0 aromatic heterocycles. The van der Waals surface area contributed by atoms with E-state index in [1.54, 1.807) is 13.0 Å². The van der Waals surface area contributed by atoms with Crippen LogP contribution in [0.5, 0.6) is 0 Å². The van der Waals surface area contributed by atoms with Crippen molar-refractivity contribution < 1.29 is 13.2 Å². The van der Waals surface area contributed by atoms with E-state index in [1.165, 1.54) is 12.1 Å². The number of nitrogens with zero attached hydrogens (tertiary/aromatic N) is 1.